The van der Waals surface area contributed by atoms with E-state index < -0.39 is 18.0 Å². The third kappa shape index (κ3) is 3.97. The molecule has 0 spiro atoms. The number of hydrogen-bond donors (Lipinski definition) is 1. The van der Waals surface area contributed by atoms with Crippen LogP contribution in [0, 0.1) is 0 Å². The number of aromatic nitrogens is 1. The zero-order valence-corrected chi connectivity index (χ0v) is 16.6. The van der Waals surface area contributed by atoms with E-state index in [4.69, 9.17) is 21.1 Å². The Hall–Kier alpha value is -2.99. The van der Waals surface area contributed by atoms with Crippen LogP contribution < -0.4 is 10.1 Å². The van der Waals surface area contributed by atoms with Gasteiger partial charge in [-0.3, -0.25) is 4.79 Å². The fraction of sp³-hybridized carbons (Fsp3) is 0.238. The quantitative estimate of drug-likeness (QED) is 0.618. The van der Waals surface area contributed by atoms with Gasteiger partial charge in [-0.1, -0.05) is 29.8 Å². The average molecular weight is 401 g/mol. The summed E-state index contributed by atoms with van der Waals surface area (Å²) in [5, 5.41) is 3.92. The first kappa shape index (κ1) is 19.8. The Morgan fingerprint density at radius 3 is 2.68 bits per heavy atom. The van der Waals surface area contributed by atoms with Crippen molar-refractivity contribution >= 4 is 40.1 Å². The van der Waals surface area contributed by atoms with Gasteiger partial charge in [-0.2, -0.15) is 0 Å². The normalized spacial score (nSPS) is 11.9. The van der Waals surface area contributed by atoms with Gasteiger partial charge >= 0.3 is 5.97 Å². The Morgan fingerprint density at radius 1 is 1.21 bits per heavy atom. The summed E-state index contributed by atoms with van der Waals surface area (Å²) in [6.45, 7) is 4.23. The van der Waals surface area contributed by atoms with Gasteiger partial charge in [0.05, 0.1) is 18.4 Å². The highest BCUT2D eigenvalue weighted by Crippen LogP contribution is 2.28. The van der Waals surface area contributed by atoms with E-state index in [1.807, 2.05) is 35.8 Å². The first-order chi connectivity index (χ1) is 13.4. The predicted molar refractivity (Wildman–Crippen MR) is 109 cm³/mol. The third-order valence-electron chi connectivity index (χ3n) is 4.42. The van der Waals surface area contributed by atoms with Gasteiger partial charge in [0.2, 0.25) is 0 Å². The lowest BCUT2D eigenvalue weighted by Gasteiger charge is -2.15. The highest BCUT2D eigenvalue weighted by atomic mass is 35.5. The Kier molecular flexibility index (Phi) is 5.90. The second-order valence-electron chi connectivity index (χ2n) is 6.23. The average Bonchev–Trinajstić information content (AvgIpc) is 3.07. The number of amides is 1. The maximum Gasteiger partial charge on any atom is 0.341 e. The molecule has 2 aromatic carbocycles. The van der Waals surface area contributed by atoms with Gasteiger partial charge in [-0.05, 0) is 38.1 Å². The largest absolute Gasteiger partial charge is 0.495 e. The molecular weight excluding hydrogens is 380 g/mol. The summed E-state index contributed by atoms with van der Waals surface area (Å²) >= 11 is 5.98. The number of para-hydroxylation sites is 1. The number of anilines is 1. The number of carbonyl (C=O) groups is 2. The summed E-state index contributed by atoms with van der Waals surface area (Å²) in [5.74, 6) is -0.570. The molecule has 3 aromatic rings. The SMILES string of the molecule is CCn1cc(C(=O)OC(C)C(=O)Nc2cc(Cl)ccc2OC)c2ccccc21. The Labute approximate surface area is 168 Å². The lowest BCUT2D eigenvalue weighted by molar-refractivity contribution is -0.123. The number of benzene rings is 2. The highest BCUT2D eigenvalue weighted by molar-refractivity contribution is 6.31. The van der Waals surface area contributed by atoms with E-state index >= 15 is 0 Å². The lowest BCUT2D eigenvalue weighted by Crippen LogP contribution is -2.30. The van der Waals surface area contributed by atoms with E-state index in [9.17, 15) is 9.59 Å². The van der Waals surface area contributed by atoms with Crippen LogP contribution in [0.25, 0.3) is 10.9 Å². The predicted octanol–water partition coefficient (Wildman–Crippen LogP) is 4.51. The number of rotatable bonds is 6. The molecule has 0 radical (unpaired) electrons. The van der Waals surface area contributed by atoms with Gasteiger partial charge in [0, 0.05) is 28.7 Å². The van der Waals surface area contributed by atoms with Crippen LogP contribution in [0.2, 0.25) is 5.02 Å². The number of halogens is 1. The molecule has 1 aromatic heterocycles. The number of methoxy groups -OCH3 is 1. The molecule has 7 heteroatoms. The van der Waals surface area contributed by atoms with Crippen molar-refractivity contribution in [2.24, 2.45) is 0 Å². The van der Waals surface area contributed by atoms with Crippen molar-refractivity contribution in [3.05, 3.63) is 59.2 Å². The molecular formula is C21H21ClN2O4. The summed E-state index contributed by atoms with van der Waals surface area (Å²) in [7, 11) is 1.49. The summed E-state index contributed by atoms with van der Waals surface area (Å²) in [4.78, 5) is 25.2. The van der Waals surface area contributed by atoms with Gasteiger partial charge in [0.1, 0.15) is 5.75 Å². The molecule has 0 saturated heterocycles. The maximum atomic E-state index is 12.7. The van der Waals surface area contributed by atoms with Crippen molar-refractivity contribution in [1.29, 1.82) is 0 Å². The van der Waals surface area contributed by atoms with Crippen molar-refractivity contribution in [2.45, 2.75) is 26.5 Å². The Bertz CT molecular complexity index is 1030. The Morgan fingerprint density at radius 2 is 1.96 bits per heavy atom. The number of nitrogens with zero attached hydrogens (tertiary/aromatic N) is 1. The standard InChI is InChI=1S/C21H21ClN2O4/c1-4-24-12-16(15-7-5-6-8-18(15)24)21(26)28-13(2)20(25)23-17-11-14(22)9-10-19(17)27-3/h5-13H,4H2,1-3H3,(H,23,25). The summed E-state index contributed by atoms with van der Waals surface area (Å²) in [5.41, 5.74) is 1.78. The third-order valence-corrected chi connectivity index (χ3v) is 4.66. The zero-order valence-electron chi connectivity index (χ0n) is 15.9. The first-order valence-corrected chi connectivity index (χ1v) is 9.25. The van der Waals surface area contributed by atoms with Gasteiger partial charge in [0.15, 0.2) is 6.10 Å². The monoisotopic (exact) mass is 400 g/mol. The van der Waals surface area contributed by atoms with Crippen LogP contribution in [0.1, 0.15) is 24.2 Å². The lowest BCUT2D eigenvalue weighted by atomic mass is 10.2. The van der Waals surface area contributed by atoms with Crippen LogP contribution in [-0.4, -0.2) is 29.7 Å². The molecule has 28 heavy (non-hydrogen) atoms. The fourth-order valence-corrected chi connectivity index (χ4v) is 3.13. The van der Waals surface area contributed by atoms with Gasteiger partial charge in [0.25, 0.3) is 5.91 Å². The molecule has 3 rings (SSSR count). The summed E-state index contributed by atoms with van der Waals surface area (Å²) in [6.07, 6.45) is 0.748. The molecule has 1 heterocycles. The van der Waals surface area contributed by atoms with E-state index in [0.717, 1.165) is 17.4 Å². The molecule has 0 aliphatic heterocycles. The molecule has 0 fully saturated rings. The van der Waals surface area contributed by atoms with Crippen molar-refractivity contribution in [1.82, 2.24) is 4.57 Å². The fourth-order valence-electron chi connectivity index (χ4n) is 2.96. The molecule has 146 valence electrons. The molecule has 0 bridgehead atoms. The topological polar surface area (TPSA) is 69.6 Å². The van der Waals surface area contributed by atoms with Crippen molar-refractivity contribution in [3.63, 3.8) is 0 Å². The van der Waals surface area contributed by atoms with Gasteiger partial charge < -0.3 is 19.4 Å². The van der Waals surface area contributed by atoms with E-state index in [-0.39, 0.29) is 0 Å². The molecule has 0 saturated carbocycles. The number of nitrogens with one attached hydrogen (secondary N) is 1. The van der Waals surface area contributed by atoms with E-state index in [0.29, 0.717) is 22.0 Å². The van der Waals surface area contributed by atoms with Gasteiger partial charge in [-0.25, -0.2) is 4.79 Å². The minimum absolute atomic E-state index is 0.408. The second-order valence-corrected chi connectivity index (χ2v) is 6.66. The van der Waals surface area contributed by atoms with E-state index in [1.165, 1.54) is 14.0 Å². The zero-order chi connectivity index (χ0) is 20.3. The summed E-state index contributed by atoms with van der Waals surface area (Å²) in [6, 6.07) is 12.5. The molecule has 0 aliphatic rings. The molecule has 1 unspecified atom stereocenters. The van der Waals surface area contributed by atoms with Crippen LogP contribution in [0.3, 0.4) is 0 Å². The number of esters is 1. The van der Waals surface area contributed by atoms with Gasteiger partial charge in [-0.15, -0.1) is 0 Å². The minimum Gasteiger partial charge on any atom is -0.495 e. The van der Waals surface area contributed by atoms with Crippen LogP contribution in [0.15, 0.2) is 48.7 Å². The summed E-state index contributed by atoms with van der Waals surface area (Å²) < 4.78 is 12.6. The van der Waals surface area contributed by atoms with Crippen LogP contribution in [0.4, 0.5) is 5.69 Å². The molecule has 1 N–H and O–H groups in total. The van der Waals surface area contributed by atoms with Crippen molar-refractivity contribution in [3.8, 4) is 5.75 Å². The minimum atomic E-state index is -1.00. The number of fused-ring (bicyclic) bond motifs is 1. The van der Waals surface area contributed by atoms with Crippen LogP contribution in [0.5, 0.6) is 5.75 Å². The van der Waals surface area contributed by atoms with Crippen molar-refractivity contribution < 1.29 is 19.1 Å². The molecule has 1 amide bonds. The van der Waals surface area contributed by atoms with Crippen molar-refractivity contribution in [2.75, 3.05) is 12.4 Å². The first-order valence-electron chi connectivity index (χ1n) is 8.87. The van der Waals surface area contributed by atoms with E-state index in [1.54, 1.807) is 24.4 Å². The Balaban J connectivity index is 1.76. The molecule has 6 nitrogen and oxygen atoms in total. The van der Waals surface area contributed by atoms with Crippen LogP contribution in [-0.2, 0) is 16.1 Å². The van der Waals surface area contributed by atoms with Crippen LogP contribution >= 0.6 is 11.6 Å². The number of aryl methyl sites for hydroxylation is 1. The maximum absolute atomic E-state index is 12.7. The number of ether oxygens (including phenoxy) is 2. The molecule has 1 atom stereocenters. The number of carbonyl (C=O) groups excluding carboxylic acids is 2. The molecule has 0 aliphatic carbocycles. The second kappa shape index (κ2) is 8.35. The number of hydrogen-bond acceptors (Lipinski definition) is 4. The highest BCUT2D eigenvalue weighted by Gasteiger charge is 2.23. The smallest absolute Gasteiger partial charge is 0.341 e. The van der Waals surface area contributed by atoms with E-state index in [2.05, 4.69) is 5.32 Å².